The summed E-state index contributed by atoms with van der Waals surface area (Å²) >= 11 is 0. The molecule has 2 amide bonds. The Morgan fingerprint density at radius 2 is 2.19 bits per heavy atom. The molecule has 1 aromatic carbocycles. The predicted octanol–water partition coefficient (Wildman–Crippen LogP) is 1.03. The topological polar surface area (TPSA) is 116 Å². The summed E-state index contributed by atoms with van der Waals surface area (Å²) in [6.07, 6.45) is 0.554. The number of benzene rings is 1. The van der Waals surface area contributed by atoms with Gasteiger partial charge in [-0.2, -0.15) is 5.26 Å². The van der Waals surface area contributed by atoms with Crippen molar-refractivity contribution in [3.8, 4) is 6.07 Å². The molecule has 0 saturated carbocycles. The van der Waals surface area contributed by atoms with Crippen molar-refractivity contribution < 1.29 is 14.5 Å². The Balaban J connectivity index is 2.24. The van der Waals surface area contributed by atoms with Crippen LogP contribution in [0.15, 0.2) is 18.2 Å². The normalized spacial score (nSPS) is 18.3. The second-order valence-electron chi connectivity index (χ2n) is 4.63. The number of non-ortho nitro benzene ring substituents is 1. The van der Waals surface area contributed by atoms with Gasteiger partial charge in [0.1, 0.15) is 12.1 Å². The fraction of sp³-hybridized carbons (Fsp3) is 0.308. The van der Waals surface area contributed by atoms with E-state index in [-0.39, 0.29) is 29.5 Å². The molecular formula is C13H12N4O4. The highest BCUT2D eigenvalue weighted by Gasteiger charge is 2.32. The maximum atomic E-state index is 12.0. The van der Waals surface area contributed by atoms with Crippen molar-refractivity contribution in [1.29, 1.82) is 5.26 Å². The first kappa shape index (κ1) is 14.5. The van der Waals surface area contributed by atoms with Gasteiger partial charge < -0.3 is 5.32 Å². The van der Waals surface area contributed by atoms with Crippen LogP contribution >= 0.6 is 0 Å². The summed E-state index contributed by atoms with van der Waals surface area (Å²) in [7, 11) is 1.40. The number of likely N-dealkylation sites (N-methyl/N-ethyl adjacent to an activating group) is 1. The second kappa shape index (κ2) is 5.58. The number of nitrogens with zero attached hydrogens (tertiary/aromatic N) is 3. The third-order valence-corrected chi connectivity index (χ3v) is 3.31. The molecule has 1 aliphatic rings. The molecule has 2 rings (SSSR count). The summed E-state index contributed by atoms with van der Waals surface area (Å²) < 4.78 is 0. The number of amides is 2. The number of hydrogen-bond acceptors (Lipinski definition) is 6. The van der Waals surface area contributed by atoms with E-state index in [0.29, 0.717) is 12.1 Å². The van der Waals surface area contributed by atoms with Gasteiger partial charge >= 0.3 is 0 Å². The number of carbonyl (C=O) groups excluding carboxylic acids is 2. The van der Waals surface area contributed by atoms with Crippen LogP contribution in [0.1, 0.15) is 18.4 Å². The molecule has 0 radical (unpaired) electrons. The molecule has 8 nitrogen and oxygen atoms in total. The smallest absolute Gasteiger partial charge is 0.270 e. The molecule has 1 aliphatic heterocycles. The van der Waals surface area contributed by atoms with E-state index in [1.54, 1.807) is 0 Å². The Morgan fingerprint density at radius 3 is 2.81 bits per heavy atom. The summed E-state index contributed by atoms with van der Waals surface area (Å²) in [5.74, 6) is -0.629. The average Bonchev–Trinajstić information content (AvgIpc) is 2.48. The Labute approximate surface area is 120 Å². The van der Waals surface area contributed by atoms with Crippen LogP contribution in [-0.2, 0) is 9.59 Å². The first-order valence-corrected chi connectivity index (χ1v) is 6.19. The van der Waals surface area contributed by atoms with E-state index in [0.717, 1.165) is 11.0 Å². The highest BCUT2D eigenvalue weighted by molar-refractivity contribution is 6.01. The van der Waals surface area contributed by atoms with E-state index in [9.17, 15) is 19.7 Å². The lowest BCUT2D eigenvalue weighted by Gasteiger charge is -2.29. The molecule has 0 aliphatic carbocycles. The predicted molar refractivity (Wildman–Crippen MR) is 72.2 cm³/mol. The average molecular weight is 288 g/mol. The number of hydrogen-bond donors (Lipinski definition) is 1. The fourth-order valence-electron chi connectivity index (χ4n) is 2.10. The van der Waals surface area contributed by atoms with Gasteiger partial charge in [0.2, 0.25) is 5.91 Å². The zero-order chi connectivity index (χ0) is 15.6. The van der Waals surface area contributed by atoms with Crippen LogP contribution in [0, 0.1) is 21.4 Å². The SMILES string of the molecule is CN1C(=O)CCC(Nc2ccc([N+](=O)[O-])cc2C#N)C1=O. The molecular weight excluding hydrogens is 276 g/mol. The third kappa shape index (κ3) is 2.81. The highest BCUT2D eigenvalue weighted by atomic mass is 16.6. The zero-order valence-corrected chi connectivity index (χ0v) is 11.2. The number of imide groups is 1. The number of anilines is 1. The first-order chi connectivity index (χ1) is 9.93. The molecule has 1 saturated heterocycles. The summed E-state index contributed by atoms with van der Waals surface area (Å²) in [4.78, 5) is 34.5. The standard InChI is InChI=1S/C13H12N4O4/c1-16-12(18)5-4-11(13(16)19)15-10-3-2-9(17(20)21)6-8(10)7-14/h2-3,6,11,15H,4-5H2,1H3. The van der Waals surface area contributed by atoms with Crippen molar-refractivity contribution in [3.63, 3.8) is 0 Å². The van der Waals surface area contributed by atoms with E-state index in [1.807, 2.05) is 6.07 Å². The van der Waals surface area contributed by atoms with Crippen molar-refractivity contribution in [3.05, 3.63) is 33.9 Å². The Kier molecular flexibility index (Phi) is 3.84. The minimum atomic E-state index is -0.624. The molecule has 1 fully saturated rings. The van der Waals surface area contributed by atoms with Gasteiger partial charge in [-0.05, 0) is 12.5 Å². The molecule has 0 spiro atoms. The Bertz CT molecular complexity index is 665. The van der Waals surface area contributed by atoms with Crippen LogP contribution in [0.25, 0.3) is 0 Å². The van der Waals surface area contributed by atoms with Gasteiger partial charge in [-0.15, -0.1) is 0 Å². The number of nitro groups is 1. The molecule has 21 heavy (non-hydrogen) atoms. The fourth-order valence-corrected chi connectivity index (χ4v) is 2.10. The summed E-state index contributed by atoms with van der Waals surface area (Å²) in [6, 6.07) is 5.02. The maximum Gasteiger partial charge on any atom is 0.270 e. The molecule has 1 heterocycles. The van der Waals surface area contributed by atoms with Gasteiger partial charge in [-0.3, -0.25) is 24.6 Å². The quantitative estimate of drug-likeness (QED) is 0.504. The van der Waals surface area contributed by atoms with Crippen molar-refractivity contribution >= 4 is 23.2 Å². The molecule has 0 aromatic heterocycles. The lowest BCUT2D eigenvalue weighted by Crippen LogP contribution is -2.48. The van der Waals surface area contributed by atoms with E-state index in [1.165, 1.54) is 19.2 Å². The maximum absolute atomic E-state index is 12.0. The Morgan fingerprint density at radius 1 is 1.48 bits per heavy atom. The number of likely N-dealkylation sites (tertiary alicyclic amines) is 1. The molecule has 108 valence electrons. The lowest BCUT2D eigenvalue weighted by atomic mass is 10.0. The number of rotatable bonds is 3. The van der Waals surface area contributed by atoms with Crippen LogP contribution in [0.3, 0.4) is 0 Å². The van der Waals surface area contributed by atoms with Gasteiger partial charge in [0.05, 0.1) is 16.2 Å². The van der Waals surface area contributed by atoms with E-state index < -0.39 is 11.0 Å². The number of carbonyl (C=O) groups is 2. The second-order valence-corrected chi connectivity index (χ2v) is 4.63. The zero-order valence-electron chi connectivity index (χ0n) is 11.2. The molecule has 1 atom stereocenters. The summed E-state index contributed by atoms with van der Waals surface area (Å²) in [5.41, 5.74) is 0.222. The van der Waals surface area contributed by atoms with E-state index >= 15 is 0 Å². The van der Waals surface area contributed by atoms with Crippen LogP contribution in [0.4, 0.5) is 11.4 Å². The van der Waals surface area contributed by atoms with Crippen molar-refractivity contribution in [2.45, 2.75) is 18.9 Å². The van der Waals surface area contributed by atoms with Crippen LogP contribution < -0.4 is 5.32 Å². The van der Waals surface area contributed by atoms with Gasteiger partial charge in [0, 0.05) is 25.6 Å². The van der Waals surface area contributed by atoms with Crippen LogP contribution in [-0.4, -0.2) is 34.7 Å². The first-order valence-electron chi connectivity index (χ1n) is 6.19. The van der Waals surface area contributed by atoms with Gasteiger partial charge in [-0.1, -0.05) is 0 Å². The third-order valence-electron chi connectivity index (χ3n) is 3.31. The molecule has 8 heteroatoms. The van der Waals surface area contributed by atoms with Gasteiger partial charge in [-0.25, -0.2) is 0 Å². The molecule has 0 bridgehead atoms. The number of nitrogens with one attached hydrogen (secondary N) is 1. The minimum absolute atomic E-state index is 0.0801. The van der Waals surface area contributed by atoms with Crippen molar-refractivity contribution in [2.24, 2.45) is 0 Å². The Hall–Kier alpha value is -2.95. The summed E-state index contributed by atoms with van der Waals surface area (Å²) in [6.45, 7) is 0. The van der Waals surface area contributed by atoms with Crippen molar-refractivity contribution in [1.82, 2.24) is 4.90 Å². The molecule has 1 unspecified atom stereocenters. The number of piperidine rings is 1. The molecule has 1 aromatic rings. The van der Waals surface area contributed by atoms with E-state index in [2.05, 4.69) is 5.32 Å². The lowest BCUT2D eigenvalue weighted by molar-refractivity contribution is -0.384. The van der Waals surface area contributed by atoms with Crippen LogP contribution in [0.5, 0.6) is 0 Å². The van der Waals surface area contributed by atoms with Crippen molar-refractivity contribution in [2.75, 3.05) is 12.4 Å². The van der Waals surface area contributed by atoms with E-state index in [4.69, 9.17) is 5.26 Å². The molecule has 1 N–H and O–H groups in total. The van der Waals surface area contributed by atoms with Crippen LogP contribution in [0.2, 0.25) is 0 Å². The van der Waals surface area contributed by atoms with Gasteiger partial charge in [0.25, 0.3) is 11.6 Å². The monoisotopic (exact) mass is 288 g/mol. The summed E-state index contributed by atoms with van der Waals surface area (Å²) in [5, 5.41) is 22.6. The minimum Gasteiger partial charge on any atom is -0.373 e. The number of nitro benzene ring substituents is 1. The number of nitriles is 1. The highest BCUT2D eigenvalue weighted by Crippen LogP contribution is 2.24. The van der Waals surface area contributed by atoms with Gasteiger partial charge in [0.15, 0.2) is 0 Å². The largest absolute Gasteiger partial charge is 0.373 e.